The topological polar surface area (TPSA) is 20.7 Å². The molecule has 1 N–H and O–H groups in total. The summed E-state index contributed by atoms with van der Waals surface area (Å²) in [6.07, 6.45) is 4.45. The number of H-pyrrole nitrogens is 1. The average Bonchev–Trinajstić information content (AvgIpc) is 3.66. The predicted octanol–water partition coefficient (Wildman–Crippen LogP) is 10.1. The lowest BCUT2D eigenvalue weighted by molar-refractivity contribution is 0.444. The maximum Gasteiger partial charge on any atom is 0.0645 e. The summed E-state index contributed by atoms with van der Waals surface area (Å²) in [6.45, 7) is 0. The van der Waals surface area contributed by atoms with Crippen LogP contribution < -0.4 is 0 Å². The minimum absolute atomic E-state index is 0.0176. The molecule has 184 valence electrons. The van der Waals surface area contributed by atoms with Crippen LogP contribution in [0.2, 0.25) is 0 Å². The van der Waals surface area contributed by atoms with Crippen molar-refractivity contribution in [1.29, 1.82) is 0 Å². The zero-order chi connectivity index (χ0) is 34.6. The highest BCUT2D eigenvalue weighted by atomic mass is 15.0. The van der Waals surface area contributed by atoms with Gasteiger partial charge < -0.3 is 9.55 Å². The molecule has 0 saturated heterocycles. The van der Waals surface area contributed by atoms with E-state index in [4.69, 9.17) is 8.22 Å². The van der Waals surface area contributed by atoms with Gasteiger partial charge in [-0.15, -0.1) is 0 Å². The van der Waals surface area contributed by atoms with Crippen molar-refractivity contribution < 1.29 is 15.1 Å². The molecule has 2 aromatic heterocycles. The highest BCUT2D eigenvalue weighted by molar-refractivity contribution is 6.12. The summed E-state index contributed by atoms with van der Waals surface area (Å²) in [5.74, 6) is -0.121. The number of para-hydroxylation sites is 1. The summed E-state index contributed by atoms with van der Waals surface area (Å²) in [4.78, 5) is 3.41. The monoisotopic (exact) mass is 501 g/mol. The zero-order valence-corrected chi connectivity index (χ0v) is 20.6. The molecule has 0 bridgehead atoms. The molecule has 0 radical (unpaired) electrons. The van der Waals surface area contributed by atoms with Crippen LogP contribution in [0.4, 0.5) is 0 Å². The molecule has 0 atom stereocenters. The van der Waals surface area contributed by atoms with Gasteiger partial charge in [-0.1, -0.05) is 85.8 Å². The first-order valence-electron chi connectivity index (χ1n) is 18.6. The molecule has 2 nitrogen and oxygen atoms in total. The molecule has 5 aromatic carbocycles. The summed E-state index contributed by atoms with van der Waals surface area (Å²) < 4.78 is 99.7. The van der Waals surface area contributed by atoms with Crippen molar-refractivity contribution in [1.82, 2.24) is 9.55 Å². The second-order valence-corrected chi connectivity index (χ2v) is 10.1. The van der Waals surface area contributed by atoms with Crippen molar-refractivity contribution in [2.45, 2.75) is 38.0 Å². The van der Waals surface area contributed by atoms with Gasteiger partial charge in [0.2, 0.25) is 0 Å². The third-order valence-corrected chi connectivity index (χ3v) is 7.81. The van der Waals surface area contributed by atoms with E-state index in [0.29, 0.717) is 11.3 Å². The fourth-order valence-electron chi connectivity index (χ4n) is 5.96. The zero-order valence-electron chi connectivity index (χ0n) is 31.6. The number of fused-ring (bicyclic) bond motifs is 6. The maximum absolute atomic E-state index is 9.58. The first kappa shape index (κ1) is 13.5. The minimum atomic E-state index is -0.622. The van der Waals surface area contributed by atoms with Crippen LogP contribution >= 0.6 is 0 Å². The summed E-state index contributed by atoms with van der Waals surface area (Å²) in [6, 6.07) is 8.87. The fraction of sp³-hybridized carbons (Fsp3) is 0.167. The van der Waals surface area contributed by atoms with Gasteiger partial charge in [-0.2, -0.15) is 0 Å². The van der Waals surface area contributed by atoms with Crippen LogP contribution in [0.15, 0.2) is 109 Å². The largest absolute Gasteiger partial charge is 0.354 e. The Bertz CT molecular complexity index is 2530. The van der Waals surface area contributed by atoms with Gasteiger partial charge in [-0.25, -0.2) is 0 Å². The molecule has 1 fully saturated rings. The average molecular weight is 502 g/mol. The third kappa shape index (κ3) is 3.40. The van der Waals surface area contributed by atoms with Gasteiger partial charge in [0, 0.05) is 38.3 Å². The Balaban J connectivity index is 1.56. The van der Waals surface area contributed by atoms with Gasteiger partial charge in [0.1, 0.15) is 0 Å². The number of rotatable bonds is 3. The van der Waals surface area contributed by atoms with Crippen LogP contribution in [-0.4, -0.2) is 9.55 Å². The lowest BCUT2D eigenvalue weighted by Crippen LogP contribution is -2.04. The van der Waals surface area contributed by atoms with E-state index >= 15 is 0 Å². The molecule has 0 unspecified atom stereocenters. The molecule has 0 amide bonds. The Morgan fingerprint density at radius 1 is 0.658 bits per heavy atom. The maximum atomic E-state index is 9.58. The quantitative estimate of drug-likeness (QED) is 0.249. The van der Waals surface area contributed by atoms with Crippen LogP contribution in [0.5, 0.6) is 0 Å². The van der Waals surface area contributed by atoms with E-state index in [-0.39, 0.29) is 69.1 Å². The molecule has 1 saturated carbocycles. The van der Waals surface area contributed by atoms with E-state index in [9.17, 15) is 6.85 Å². The van der Waals surface area contributed by atoms with E-state index in [2.05, 4.69) is 4.98 Å². The summed E-state index contributed by atoms with van der Waals surface area (Å²) in [7, 11) is 0. The lowest BCUT2D eigenvalue weighted by atomic mass is 9.83. The molecule has 0 aliphatic heterocycles. The number of benzene rings is 5. The number of aromatic nitrogens is 2. The SMILES string of the molecule is [2H]c1c([2H])c([2H])c(-c2c([2H])c([2H])c3c(c2[2H])c2c([2H])c(C4CCCCC4)c([2H])c([2H])c2n3-c2ccc3c(c2)[nH]c2ccccc23)c([2H])c1[2H]. The molecule has 38 heavy (non-hydrogen) atoms. The highest BCUT2D eigenvalue weighted by Crippen LogP contribution is 2.39. The molecule has 7 aromatic rings. The first-order chi connectivity index (χ1) is 23.4. The standard InChI is InChI=1S/C36H30N2/c1-3-9-24(10-4-1)26-15-19-35-31(21-26)32-22-27(25-11-5-2-6-12-25)16-20-36(32)38(35)28-17-18-30-29-13-7-8-14-33(29)37-34(30)23-28/h1,3-4,7-10,13-23,25,37H,2,5-6,11-12H2/i1D,3D,4D,9D,10D,15D,16D,19D,20D,21D,22D. The normalized spacial score (nSPS) is 18.8. The van der Waals surface area contributed by atoms with Crippen molar-refractivity contribution >= 4 is 43.6 Å². The fourth-order valence-corrected chi connectivity index (χ4v) is 5.96. The Labute approximate surface area is 238 Å². The van der Waals surface area contributed by atoms with E-state index in [1.54, 1.807) is 4.57 Å². The predicted molar refractivity (Wildman–Crippen MR) is 161 cm³/mol. The molecular weight excluding hydrogens is 460 g/mol. The van der Waals surface area contributed by atoms with Crippen LogP contribution in [0.25, 0.3) is 60.4 Å². The van der Waals surface area contributed by atoms with Gasteiger partial charge in [0.25, 0.3) is 0 Å². The smallest absolute Gasteiger partial charge is 0.0645 e. The van der Waals surface area contributed by atoms with Gasteiger partial charge >= 0.3 is 0 Å². The van der Waals surface area contributed by atoms with Gasteiger partial charge in [-0.3, -0.25) is 0 Å². The number of hydrogen-bond acceptors (Lipinski definition) is 0. The van der Waals surface area contributed by atoms with E-state index < -0.39 is 36.3 Å². The molecule has 2 heterocycles. The van der Waals surface area contributed by atoms with Gasteiger partial charge in [0.05, 0.1) is 26.1 Å². The Morgan fingerprint density at radius 2 is 1.42 bits per heavy atom. The number of aromatic amines is 1. The van der Waals surface area contributed by atoms with Crippen molar-refractivity contribution in [3.8, 4) is 16.8 Å². The van der Waals surface area contributed by atoms with Gasteiger partial charge in [-0.05, 0) is 77.8 Å². The van der Waals surface area contributed by atoms with Crippen LogP contribution in [0.1, 0.15) is 58.7 Å². The highest BCUT2D eigenvalue weighted by Gasteiger charge is 2.19. The first-order valence-corrected chi connectivity index (χ1v) is 13.1. The molecule has 1 aliphatic rings. The van der Waals surface area contributed by atoms with Crippen LogP contribution in [0.3, 0.4) is 0 Å². The van der Waals surface area contributed by atoms with E-state index in [0.717, 1.165) is 53.9 Å². The Hall–Kier alpha value is -4.30. The van der Waals surface area contributed by atoms with Crippen molar-refractivity contribution in [3.05, 3.63) is 114 Å². The lowest BCUT2D eigenvalue weighted by Gasteiger charge is -2.22. The Morgan fingerprint density at radius 3 is 2.29 bits per heavy atom. The van der Waals surface area contributed by atoms with E-state index in [1.165, 1.54) is 0 Å². The number of hydrogen-bond donors (Lipinski definition) is 1. The number of nitrogens with zero attached hydrogens (tertiary/aromatic N) is 1. The second kappa shape index (κ2) is 8.63. The van der Waals surface area contributed by atoms with Crippen molar-refractivity contribution in [3.63, 3.8) is 0 Å². The summed E-state index contributed by atoms with van der Waals surface area (Å²) >= 11 is 0. The number of nitrogens with one attached hydrogen (secondary N) is 1. The van der Waals surface area contributed by atoms with Crippen molar-refractivity contribution in [2.24, 2.45) is 0 Å². The molecular formula is C36H30N2. The van der Waals surface area contributed by atoms with Crippen LogP contribution in [-0.2, 0) is 0 Å². The molecule has 1 aliphatic carbocycles. The molecule has 8 rings (SSSR count). The molecule has 0 spiro atoms. The Kier molecular flexibility index (Phi) is 3.06. The summed E-state index contributed by atoms with van der Waals surface area (Å²) in [5.41, 5.74) is 2.18. The summed E-state index contributed by atoms with van der Waals surface area (Å²) in [5, 5.41) is 2.22. The van der Waals surface area contributed by atoms with Crippen LogP contribution in [0, 0.1) is 0 Å². The second-order valence-electron chi connectivity index (χ2n) is 10.1. The van der Waals surface area contributed by atoms with Crippen molar-refractivity contribution in [2.75, 3.05) is 0 Å². The minimum Gasteiger partial charge on any atom is -0.354 e. The molecule has 2 heteroatoms. The van der Waals surface area contributed by atoms with E-state index in [1.807, 2.05) is 42.5 Å². The van der Waals surface area contributed by atoms with Gasteiger partial charge in [0.15, 0.2) is 0 Å². The third-order valence-electron chi connectivity index (χ3n) is 7.81.